The highest BCUT2D eigenvalue weighted by Gasteiger charge is 2.43. The Morgan fingerprint density at radius 1 is 1.32 bits per heavy atom. The monoisotopic (exact) mass is 337 g/mol. The SMILES string of the molecule is CS(=O)(=O)N1CCC2(CC1)Cc1ncc(-c3ccsc3)n1C2. The van der Waals surface area contributed by atoms with Crippen molar-refractivity contribution < 1.29 is 8.42 Å². The van der Waals surface area contributed by atoms with Gasteiger partial charge >= 0.3 is 0 Å². The van der Waals surface area contributed by atoms with Gasteiger partial charge in [0.1, 0.15) is 5.82 Å². The minimum absolute atomic E-state index is 0.190. The van der Waals surface area contributed by atoms with Gasteiger partial charge in [-0.1, -0.05) is 0 Å². The number of piperidine rings is 1. The molecule has 0 saturated carbocycles. The lowest BCUT2D eigenvalue weighted by atomic mass is 9.78. The quantitative estimate of drug-likeness (QED) is 0.844. The van der Waals surface area contributed by atoms with Crippen LogP contribution in [-0.2, 0) is 23.0 Å². The fourth-order valence-electron chi connectivity index (χ4n) is 3.73. The number of imidazole rings is 1. The molecule has 2 aliphatic rings. The zero-order valence-corrected chi connectivity index (χ0v) is 14.2. The molecule has 2 aromatic rings. The summed E-state index contributed by atoms with van der Waals surface area (Å²) >= 11 is 1.70. The molecule has 0 radical (unpaired) electrons. The molecular formula is C15H19N3O2S2. The summed E-state index contributed by atoms with van der Waals surface area (Å²) in [5, 5.41) is 4.24. The molecule has 0 aromatic carbocycles. The van der Waals surface area contributed by atoms with E-state index in [4.69, 9.17) is 0 Å². The van der Waals surface area contributed by atoms with Crippen LogP contribution in [0, 0.1) is 5.41 Å². The minimum Gasteiger partial charge on any atom is -0.327 e. The number of sulfonamides is 1. The van der Waals surface area contributed by atoms with Gasteiger partial charge in [0, 0.05) is 37.0 Å². The number of hydrogen-bond acceptors (Lipinski definition) is 4. The molecule has 22 heavy (non-hydrogen) atoms. The number of rotatable bonds is 2. The second-order valence-electron chi connectivity index (χ2n) is 6.50. The van der Waals surface area contributed by atoms with E-state index in [2.05, 4.69) is 26.4 Å². The molecule has 0 N–H and O–H groups in total. The predicted octanol–water partition coefficient (Wildman–Crippen LogP) is 2.21. The van der Waals surface area contributed by atoms with Gasteiger partial charge in [-0.2, -0.15) is 11.3 Å². The Morgan fingerprint density at radius 2 is 2.09 bits per heavy atom. The summed E-state index contributed by atoms with van der Waals surface area (Å²) < 4.78 is 27.3. The molecule has 1 spiro atoms. The van der Waals surface area contributed by atoms with Gasteiger partial charge in [-0.25, -0.2) is 17.7 Å². The van der Waals surface area contributed by atoms with E-state index >= 15 is 0 Å². The van der Waals surface area contributed by atoms with Crippen molar-refractivity contribution in [1.82, 2.24) is 13.9 Å². The number of thiophene rings is 1. The first kappa shape index (κ1) is 14.4. The summed E-state index contributed by atoms with van der Waals surface area (Å²) in [5.74, 6) is 1.15. The van der Waals surface area contributed by atoms with Crippen LogP contribution in [-0.4, -0.2) is 41.6 Å². The number of hydrogen-bond donors (Lipinski definition) is 0. The molecule has 5 nitrogen and oxygen atoms in total. The number of nitrogens with zero attached hydrogens (tertiary/aromatic N) is 3. The van der Waals surface area contributed by atoms with Crippen LogP contribution in [0.15, 0.2) is 23.0 Å². The van der Waals surface area contributed by atoms with Crippen LogP contribution >= 0.6 is 11.3 Å². The Hall–Kier alpha value is -1.18. The van der Waals surface area contributed by atoms with Crippen LogP contribution < -0.4 is 0 Å². The zero-order valence-electron chi connectivity index (χ0n) is 12.5. The molecule has 2 aliphatic heterocycles. The third-order valence-electron chi connectivity index (χ3n) is 5.03. The van der Waals surface area contributed by atoms with Gasteiger partial charge in [0.15, 0.2) is 0 Å². The molecule has 2 aromatic heterocycles. The van der Waals surface area contributed by atoms with Gasteiger partial charge in [0.25, 0.3) is 0 Å². The molecular weight excluding hydrogens is 318 g/mol. The van der Waals surface area contributed by atoms with Crippen molar-refractivity contribution in [3.8, 4) is 11.3 Å². The van der Waals surface area contributed by atoms with Crippen LogP contribution in [0.5, 0.6) is 0 Å². The van der Waals surface area contributed by atoms with E-state index in [1.807, 2.05) is 6.20 Å². The lowest BCUT2D eigenvalue weighted by Gasteiger charge is -2.37. The molecule has 0 amide bonds. The molecule has 0 bridgehead atoms. The van der Waals surface area contributed by atoms with E-state index in [1.54, 1.807) is 15.6 Å². The molecule has 7 heteroatoms. The molecule has 0 atom stereocenters. The van der Waals surface area contributed by atoms with E-state index in [1.165, 1.54) is 17.5 Å². The predicted molar refractivity (Wildman–Crippen MR) is 87.3 cm³/mol. The first-order valence-electron chi connectivity index (χ1n) is 7.49. The Bertz CT molecular complexity index is 785. The fourth-order valence-corrected chi connectivity index (χ4v) is 5.22. The lowest BCUT2D eigenvalue weighted by molar-refractivity contribution is 0.152. The average molecular weight is 337 g/mol. The Morgan fingerprint density at radius 3 is 2.73 bits per heavy atom. The second-order valence-corrected chi connectivity index (χ2v) is 9.26. The highest BCUT2D eigenvalue weighted by molar-refractivity contribution is 7.88. The summed E-state index contributed by atoms with van der Waals surface area (Å²) in [6, 6.07) is 2.13. The molecule has 0 unspecified atom stereocenters. The molecule has 1 saturated heterocycles. The summed E-state index contributed by atoms with van der Waals surface area (Å²) in [5.41, 5.74) is 2.61. The Kier molecular flexibility index (Phi) is 3.22. The van der Waals surface area contributed by atoms with Crippen molar-refractivity contribution in [2.24, 2.45) is 5.41 Å². The van der Waals surface area contributed by atoms with E-state index in [-0.39, 0.29) is 5.41 Å². The van der Waals surface area contributed by atoms with Crippen LogP contribution in [0.4, 0.5) is 0 Å². The van der Waals surface area contributed by atoms with Crippen molar-refractivity contribution in [3.63, 3.8) is 0 Å². The second kappa shape index (κ2) is 4.91. The van der Waals surface area contributed by atoms with Crippen molar-refractivity contribution in [1.29, 1.82) is 0 Å². The van der Waals surface area contributed by atoms with Crippen LogP contribution in [0.2, 0.25) is 0 Å². The van der Waals surface area contributed by atoms with E-state index < -0.39 is 10.0 Å². The molecule has 4 rings (SSSR count). The Balaban J connectivity index is 1.56. The minimum atomic E-state index is -3.06. The molecule has 118 valence electrons. The summed E-state index contributed by atoms with van der Waals surface area (Å²) in [7, 11) is -3.06. The van der Waals surface area contributed by atoms with Crippen molar-refractivity contribution in [2.45, 2.75) is 25.8 Å². The number of fused-ring (bicyclic) bond motifs is 1. The maximum absolute atomic E-state index is 11.7. The van der Waals surface area contributed by atoms with Crippen molar-refractivity contribution in [2.75, 3.05) is 19.3 Å². The average Bonchev–Trinajstić information content (AvgIpc) is 3.14. The standard InChI is InChI=1S/C15H19N3O2S2/c1-22(19,20)17-5-3-15(4-6-17)8-14-16-9-13(18(14)11-15)12-2-7-21-10-12/h2,7,9-10H,3-6,8,11H2,1H3. The number of aromatic nitrogens is 2. The van der Waals surface area contributed by atoms with Gasteiger partial charge in [-0.05, 0) is 29.7 Å². The van der Waals surface area contributed by atoms with Gasteiger partial charge in [0.2, 0.25) is 10.0 Å². The first-order valence-corrected chi connectivity index (χ1v) is 10.3. The van der Waals surface area contributed by atoms with E-state index in [0.717, 1.165) is 31.6 Å². The maximum Gasteiger partial charge on any atom is 0.211 e. The van der Waals surface area contributed by atoms with Crippen LogP contribution in [0.1, 0.15) is 18.7 Å². The highest BCUT2D eigenvalue weighted by atomic mass is 32.2. The topological polar surface area (TPSA) is 55.2 Å². The normalized spacial score (nSPS) is 21.3. The van der Waals surface area contributed by atoms with Gasteiger partial charge in [-0.15, -0.1) is 0 Å². The van der Waals surface area contributed by atoms with Gasteiger partial charge < -0.3 is 4.57 Å². The maximum atomic E-state index is 11.7. The fraction of sp³-hybridized carbons (Fsp3) is 0.533. The van der Waals surface area contributed by atoms with Crippen molar-refractivity contribution in [3.05, 3.63) is 28.8 Å². The summed E-state index contributed by atoms with van der Waals surface area (Å²) in [6.07, 6.45) is 6.09. The Labute approximate surface area is 134 Å². The zero-order chi connectivity index (χ0) is 15.4. The largest absolute Gasteiger partial charge is 0.327 e. The smallest absolute Gasteiger partial charge is 0.211 e. The van der Waals surface area contributed by atoms with Crippen molar-refractivity contribution >= 4 is 21.4 Å². The summed E-state index contributed by atoms with van der Waals surface area (Å²) in [4.78, 5) is 4.61. The van der Waals surface area contributed by atoms with E-state index in [0.29, 0.717) is 13.1 Å². The summed E-state index contributed by atoms with van der Waals surface area (Å²) in [6.45, 7) is 2.24. The molecule has 0 aliphatic carbocycles. The lowest BCUT2D eigenvalue weighted by Crippen LogP contribution is -2.43. The van der Waals surface area contributed by atoms with Gasteiger partial charge in [-0.3, -0.25) is 0 Å². The van der Waals surface area contributed by atoms with Crippen LogP contribution in [0.3, 0.4) is 0 Å². The highest BCUT2D eigenvalue weighted by Crippen LogP contribution is 2.43. The third-order valence-corrected chi connectivity index (χ3v) is 7.02. The molecule has 1 fully saturated rings. The van der Waals surface area contributed by atoms with E-state index in [9.17, 15) is 8.42 Å². The molecule has 4 heterocycles. The first-order chi connectivity index (χ1) is 10.5. The van der Waals surface area contributed by atoms with Gasteiger partial charge in [0.05, 0.1) is 18.1 Å². The van der Waals surface area contributed by atoms with Crippen LogP contribution in [0.25, 0.3) is 11.3 Å². The third kappa shape index (κ3) is 2.31.